The third-order valence-electron chi connectivity index (χ3n) is 3.70. The number of anilines is 1. The first-order valence-electron chi connectivity index (χ1n) is 6.81. The number of aromatic nitrogens is 1. The van der Waals surface area contributed by atoms with E-state index in [-0.39, 0.29) is 12.4 Å². The molecule has 1 fully saturated rings. The number of thiazole rings is 1. The van der Waals surface area contributed by atoms with Gasteiger partial charge >= 0.3 is 0 Å². The van der Waals surface area contributed by atoms with Gasteiger partial charge in [0.15, 0.2) is 5.13 Å². The molecule has 4 nitrogen and oxygen atoms in total. The van der Waals surface area contributed by atoms with E-state index in [1.165, 1.54) is 43.8 Å². The average molecular weight is 305 g/mol. The Morgan fingerprint density at radius 2 is 2.16 bits per heavy atom. The summed E-state index contributed by atoms with van der Waals surface area (Å²) in [7, 11) is 2.22. The highest BCUT2D eigenvalue weighted by molar-refractivity contribution is 7.15. The first-order valence-corrected chi connectivity index (χ1v) is 7.63. The lowest BCUT2D eigenvalue weighted by Crippen LogP contribution is -2.43. The number of halogens is 1. The minimum atomic E-state index is 0. The van der Waals surface area contributed by atoms with Gasteiger partial charge in [-0.2, -0.15) is 0 Å². The molecule has 2 rings (SSSR count). The van der Waals surface area contributed by atoms with Crippen molar-refractivity contribution in [2.45, 2.75) is 38.8 Å². The van der Waals surface area contributed by atoms with Gasteiger partial charge in [-0.15, -0.1) is 23.7 Å². The van der Waals surface area contributed by atoms with Gasteiger partial charge in [0.05, 0.1) is 0 Å². The van der Waals surface area contributed by atoms with Crippen molar-refractivity contribution in [1.82, 2.24) is 14.8 Å². The summed E-state index contributed by atoms with van der Waals surface area (Å²) in [6.45, 7) is 6.98. The van der Waals surface area contributed by atoms with Crippen LogP contribution >= 0.6 is 23.7 Å². The molecule has 1 aromatic rings. The fourth-order valence-electron chi connectivity index (χ4n) is 2.67. The van der Waals surface area contributed by atoms with Crippen LogP contribution in [0.5, 0.6) is 0 Å². The maximum Gasteiger partial charge on any atom is 0.180 e. The summed E-state index contributed by atoms with van der Waals surface area (Å²) < 4.78 is 0. The highest BCUT2D eigenvalue weighted by Crippen LogP contribution is 2.21. The summed E-state index contributed by atoms with van der Waals surface area (Å²) in [6.07, 6.45) is 5.74. The van der Waals surface area contributed by atoms with Crippen molar-refractivity contribution >= 4 is 28.9 Å². The smallest absolute Gasteiger partial charge is 0.180 e. The summed E-state index contributed by atoms with van der Waals surface area (Å²) in [4.78, 5) is 10.4. The maximum absolute atomic E-state index is 5.67. The molecule has 0 atom stereocenters. The van der Waals surface area contributed by atoms with Crippen molar-refractivity contribution < 1.29 is 0 Å². The number of nitrogens with zero attached hydrogens (tertiary/aromatic N) is 3. The van der Waals surface area contributed by atoms with Crippen molar-refractivity contribution in [3.8, 4) is 0 Å². The highest BCUT2D eigenvalue weighted by atomic mass is 35.5. The van der Waals surface area contributed by atoms with Crippen molar-refractivity contribution in [1.29, 1.82) is 0 Å². The minimum absolute atomic E-state index is 0. The quantitative estimate of drug-likeness (QED) is 0.907. The van der Waals surface area contributed by atoms with Gasteiger partial charge in [-0.1, -0.05) is 6.92 Å². The second-order valence-corrected chi connectivity index (χ2v) is 6.30. The topological polar surface area (TPSA) is 45.4 Å². The minimum Gasteiger partial charge on any atom is -0.375 e. The van der Waals surface area contributed by atoms with E-state index in [1.54, 1.807) is 11.3 Å². The maximum atomic E-state index is 5.67. The number of nitrogens with two attached hydrogens (primary N) is 1. The molecule has 6 heteroatoms. The normalized spacial score (nSPS) is 17.6. The van der Waals surface area contributed by atoms with Crippen LogP contribution in [0.1, 0.15) is 31.1 Å². The number of likely N-dealkylation sites (tertiary alicyclic amines) is 1. The highest BCUT2D eigenvalue weighted by Gasteiger charge is 2.22. The molecule has 1 aromatic heterocycles. The molecule has 0 bridgehead atoms. The van der Waals surface area contributed by atoms with Crippen LogP contribution in [-0.2, 0) is 6.54 Å². The molecule has 0 unspecified atom stereocenters. The summed E-state index contributed by atoms with van der Waals surface area (Å²) in [5.74, 6) is 0. The first kappa shape index (κ1) is 16.7. The summed E-state index contributed by atoms with van der Waals surface area (Å²) in [5.41, 5.74) is 5.67. The van der Waals surface area contributed by atoms with E-state index >= 15 is 0 Å². The molecular weight excluding hydrogens is 280 g/mol. The van der Waals surface area contributed by atoms with E-state index in [0.29, 0.717) is 11.2 Å². The molecule has 0 amide bonds. The van der Waals surface area contributed by atoms with Crippen LogP contribution in [0.3, 0.4) is 0 Å². The second kappa shape index (κ2) is 8.04. The third kappa shape index (κ3) is 4.91. The molecule has 0 aromatic carbocycles. The molecule has 2 heterocycles. The number of rotatable bonds is 5. The van der Waals surface area contributed by atoms with E-state index < -0.39 is 0 Å². The zero-order chi connectivity index (χ0) is 13.0. The Kier molecular flexibility index (Phi) is 7.07. The van der Waals surface area contributed by atoms with Crippen LogP contribution in [0.15, 0.2) is 6.20 Å². The van der Waals surface area contributed by atoms with E-state index in [1.807, 2.05) is 6.20 Å². The van der Waals surface area contributed by atoms with Crippen molar-refractivity contribution in [3.05, 3.63) is 11.1 Å². The number of hydrogen-bond donors (Lipinski definition) is 1. The molecule has 0 aliphatic carbocycles. The Morgan fingerprint density at radius 3 is 2.68 bits per heavy atom. The average Bonchev–Trinajstić information content (AvgIpc) is 2.76. The van der Waals surface area contributed by atoms with E-state index in [0.717, 1.165) is 6.54 Å². The summed E-state index contributed by atoms with van der Waals surface area (Å²) >= 11 is 1.60. The Balaban J connectivity index is 0.00000180. The Morgan fingerprint density at radius 1 is 1.47 bits per heavy atom. The standard InChI is InChI=1S/C13H24N4S.ClH/c1-3-6-17-7-4-11(5-8-17)16(2)10-12-9-15-13(14)18-12;/h9,11H,3-8,10H2,1-2H3,(H2,14,15);1H. The number of nitrogen functional groups attached to an aromatic ring is 1. The van der Waals surface area contributed by atoms with Crippen LogP contribution in [0.4, 0.5) is 5.13 Å². The third-order valence-corrected chi connectivity index (χ3v) is 4.51. The molecule has 1 saturated heterocycles. The van der Waals surface area contributed by atoms with E-state index in [2.05, 4.69) is 28.8 Å². The molecule has 1 aliphatic rings. The van der Waals surface area contributed by atoms with Gasteiger partial charge < -0.3 is 10.6 Å². The molecule has 1 aliphatic heterocycles. The number of hydrogen-bond acceptors (Lipinski definition) is 5. The van der Waals surface area contributed by atoms with Crippen LogP contribution in [-0.4, -0.2) is 47.5 Å². The summed E-state index contributed by atoms with van der Waals surface area (Å²) in [5, 5.41) is 0.677. The van der Waals surface area contributed by atoms with Crippen molar-refractivity contribution in [2.75, 3.05) is 32.4 Å². The van der Waals surface area contributed by atoms with Gasteiger partial charge in [0, 0.05) is 23.7 Å². The molecule has 19 heavy (non-hydrogen) atoms. The molecular formula is C13H25ClN4S. The predicted octanol–water partition coefficient (Wildman–Crippen LogP) is 2.45. The van der Waals surface area contributed by atoms with Gasteiger partial charge in [0.25, 0.3) is 0 Å². The Labute approximate surface area is 126 Å². The lowest BCUT2D eigenvalue weighted by Gasteiger charge is -2.36. The SMILES string of the molecule is CCCN1CCC(N(C)Cc2cnc(N)s2)CC1.Cl. The zero-order valence-electron chi connectivity index (χ0n) is 11.8. The second-order valence-electron chi connectivity index (χ2n) is 5.15. The Hall–Kier alpha value is -0.360. The van der Waals surface area contributed by atoms with Crippen LogP contribution in [0, 0.1) is 0 Å². The van der Waals surface area contributed by atoms with Gasteiger partial charge in [-0.25, -0.2) is 4.98 Å². The monoisotopic (exact) mass is 304 g/mol. The van der Waals surface area contributed by atoms with Crippen molar-refractivity contribution in [3.63, 3.8) is 0 Å². The number of piperidine rings is 1. The van der Waals surface area contributed by atoms with Gasteiger partial charge in [0.2, 0.25) is 0 Å². The lowest BCUT2D eigenvalue weighted by molar-refractivity contribution is 0.124. The fraction of sp³-hybridized carbons (Fsp3) is 0.769. The summed E-state index contributed by atoms with van der Waals surface area (Å²) in [6, 6.07) is 0.710. The van der Waals surface area contributed by atoms with Gasteiger partial charge in [-0.05, 0) is 45.9 Å². The molecule has 110 valence electrons. The van der Waals surface area contributed by atoms with Crippen LogP contribution in [0.25, 0.3) is 0 Å². The molecule has 2 N–H and O–H groups in total. The first-order chi connectivity index (χ1) is 8.69. The lowest BCUT2D eigenvalue weighted by atomic mass is 10.0. The van der Waals surface area contributed by atoms with Gasteiger partial charge in [-0.3, -0.25) is 4.90 Å². The van der Waals surface area contributed by atoms with E-state index in [9.17, 15) is 0 Å². The molecule has 0 spiro atoms. The van der Waals surface area contributed by atoms with Gasteiger partial charge in [0.1, 0.15) is 0 Å². The zero-order valence-corrected chi connectivity index (χ0v) is 13.5. The largest absolute Gasteiger partial charge is 0.375 e. The van der Waals surface area contributed by atoms with E-state index in [4.69, 9.17) is 5.73 Å². The molecule has 0 saturated carbocycles. The van der Waals surface area contributed by atoms with Crippen molar-refractivity contribution in [2.24, 2.45) is 0 Å². The fourth-order valence-corrected chi connectivity index (χ4v) is 3.42. The predicted molar refractivity (Wildman–Crippen MR) is 85.0 cm³/mol. The van der Waals surface area contributed by atoms with Crippen LogP contribution in [0.2, 0.25) is 0 Å². The van der Waals surface area contributed by atoms with Crippen LogP contribution < -0.4 is 5.73 Å². The Bertz CT molecular complexity index is 363. The molecule has 0 radical (unpaired) electrons.